The zero-order valence-corrected chi connectivity index (χ0v) is 19.6. The molecule has 5 rings (SSSR count). The number of aliphatic hydroxyl groups is 1. The van der Waals surface area contributed by atoms with Gasteiger partial charge in [-0.25, -0.2) is 0 Å². The number of aliphatic hydroxyl groups excluding tert-OH is 1. The first-order valence-electron chi connectivity index (χ1n) is 12.3. The topological polar surface area (TPSA) is 108 Å². The van der Waals surface area contributed by atoms with Gasteiger partial charge in [-0.2, -0.15) is 0 Å². The Hall–Kier alpha value is -3.23. The molecule has 2 unspecified atom stereocenters. The molecule has 2 aromatic carbocycles. The van der Waals surface area contributed by atoms with Crippen LogP contribution in [-0.4, -0.2) is 58.6 Å². The lowest BCUT2D eigenvalue weighted by Crippen LogP contribution is -2.55. The number of carbonyl (C=O) groups excluding carboxylic acids is 3. The van der Waals surface area contributed by atoms with E-state index in [1.54, 1.807) is 0 Å². The first-order chi connectivity index (χ1) is 17.0. The summed E-state index contributed by atoms with van der Waals surface area (Å²) in [5.74, 6) is -2.08. The molecule has 184 valence electrons. The van der Waals surface area contributed by atoms with Crippen molar-refractivity contribution in [1.82, 2.24) is 15.5 Å². The van der Waals surface area contributed by atoms with Crippen LogP contribution >= 0.6 is 0 Å². The Morgan fingerprint density at radius 1 is 0.971 bits per heavy atom. The molecular formula is C27H31N3O5. The van der Waals surface area contributed by atoms with Crippen molar-refractivity contribution >= 4 is 17.7 Å². The van der Waals surface area contributed by atoms with E-state index >= 15 is 0 Å². The molecule has 5 atom stereocenters. The molecule has 3 saturated heterocycles. The predicted octanol–water partition coefficient (Wildman–Crippen LogP) is 1.38. The van der Waals surface area contributed by atoms with Crippen molar-refractivity contribution in [3.8, 4) is 0 Å². The summed E-state index contributed by atoms with van der Waals surface area (Å²) in [5.41, 5.74) is 0.906. The molecule has 2 bridgehead atoms. The van der Waals surface area contributed by atoms with E-state index in [1.165, 1.54) is 4.90 Å². The number of fused-ring (bicyclic) bond motifs is 1. The normalized spacial score (nSPS) is 28.7. The minimum atomic E-state index is -1.02. The highest BCUT2D eigenvalue weighted by Crippen LogP contribution is 2.58. The molecule has 0 aromatic heterocycles. The number of amides is 3. The summed E-state index contributed by atoms with van der Waals surface area (Å²) < 4.78 is 6.39. The molecule has 3 N–H and O–H groups in total. The number of ether oxygens (including phenoxy) is 1. The number of hydrogen-bond donors (Lipinski definition) is 3. The van der Waals surface area contributed by atoms with Gasteiger partial charge in [0.25, 0.3) is 0 Å². The van der Waals surface area contributed by atoms with Crippen LogP contribution in [0.25, 0.3) is 0 Å². The van der Waals surface area contributed by atoms with Gasteiger partial charge in [0.2, 0.25) is 17.7 Å². The number of nitrogens with zero attached hydrogens (tertiary/aromatic N) is 1. The molecule has 0 saturated carbocycles. The molecule has 0 aliphatic carbocycles. The number of nitrogens with one attached hydrogen (secondary N) is 2. The second kappa shape index (κ2) is 9.79. The van der Waals surface area contributed by atoms with Gasteiger partial charge in [0, 0.05) is 26.2 Å². The molecule has 8 heteroatoms. The molecular weight excluding hydrogens is 446 g/mol. The summed E-state index contributed by atoms with van der Waals surface area (Å²) in [4.78, 5) is 42.0. The molecule has 2 aromatic rings. The van der Waals surface area contributed by atoms with Gasteiger partial charge in [-0.1, -0.05) is 60.7 Å². The highest BCUT2D eigenvalue weighted by Gasteiger charge is 2.74. The van der Waals surface area contributed by atoms with E-state index in [0.29, 0.717) is 32.4 Å². The fraction of sp³-hybridized carbons (Fsp3) is 0.444. The maximum absolute atomic E-state index is 13.7. The molecule has 35 heavy (non-hydrogen) atoms. The Labute approximate surface area is 204 Å². The minimum absolute atomic E-state index is 0.0930. The first-order valence-corrected chi connectivity index (χ1v) is 12.3. The maximum atomic E-state index is 13.7. The van der Waals surface area contributed by atoms with Gasteiger partial charge in [-0.05, 0) is 30.4 Å². The van der Waals surface area contributed by atoms with E-state index in [9.17, 15) is 19.5 Å². The fourth-order valence-corrected chi connectivity index (χ4v) is 6.02. The van der Waals surface area contributed by atoms with E-state index in [0.717, 1.165) is 11.1 Å². The van der Waals surface area contributed by atoms with Crippen molar-refractivity contribution in [1.29, 1.82) is 0 Å². The summed E-state index contributed by atoms with van der Waals surface area (Å²) in [6.45, 7) is 0.850. The van der Waals surface area contributed by atoms with Gasteiger partial charge >= 0.3 is 0 Å². The van der Waals surface area contributed by atoms with Gasteiger partial charge in [0.05, 0.1) is 17.9 Å². The van der Waals surface area contributed by atoms with Gasteiger partial charge in [-0.15, -0.1) is 0 Å². The van der Waals surface area contributed by atoms with Crippen LogP contribution in [0.1, 0.15) is 30.4 Å². The number of benzene rings is 2. The predicted molar refractivity (Wildman–Crippen MR) is 128 cm³/mol. The van der Waals surface area contributed by atoms with Gasteiger partial charge in [-0.3, -0.25) is 14.4 Å². The lowest BCUT2D eigenvalue weighted by Gasteiger charge is -2.33. The van der Waals surface area contributed by atoms with E-state index in [4.69, 9.17) is 4.74 Å². The lowest BCUT2D eigenvalue weighted by molar-refractivity contribution is -0.142. The number of carbonyl (C=O) groups is 3. The van der Waals surface area contributed by atoms with Crippen LogP contribution in [0, 0.1) is 11.8 Å². The molecule has 0 radical (unpaired) electrons. The second-order valence-corrected chi connectivity index (χ2v) is 9.57. The highest BCUT2D eigenvalue weighted by molar-refractivity contribution is 5.98. The van der Waals surface area contributed by atoms with Gasteiger partial charge in [0.15, 0.2) is 0 Å². The highest BCUT2D eigenvalue weighted by atomic mass is 16.5. The van der Waals surface area contributed by atoms with Gasteiger partial charge in [0.1, 0.15) is 11.6 Å². The van der Waals surface area contributed by atoms with Crippen molar-refractivity contribution in [2.75, 3.05) is 13.2 Å². The Morgan fingerprint density at radius 2 is 1.57 bits per heavy atom. The van der Waals surface area contributed by atoms with E-state index in [1.807, 2.05) is 60.7 Å². The van der Waals surface area contributed by atoms with E-state index < -0.39 is 23.5 Å². The largest absolute Gasteiger partial charge is 0.396 e. The van der Waals surface area contributed by atoms with Crippen molar-refractivity contribution in [2.45, 2.75) is 50.1 Å². The summed E-state index contributed by atoms with van der Waals surface area (Å²) >= 11 is 0. The van der Waals surface area contributed by atoms with Crippen LogP contribution in [0.5, 0.6) is 0 Å². The van der Waals surface area contributed by atoms with Crippen LogP contribution in [-0.2, 0) is 32.2 Å². The van der Waals surface area contributed by atoms with Crippen molar-refractivity contribution in [3.05, 3.63) is 71.8 Å². The third kappa shape index (κ3) is 4.21. The Morgan fingerprint density at radius 3 is 2.17 bits per heavy atom. The molecule has 8 nitrogen and oxygen atoms in total. The van der Waals surface area contributed by atoms with E-state index in [2.05, 4.69) is 10.6 Å². The average molecular weight is 478 g/mol. The smallest absolute Gasteiger partial charge is 0.246 e. The second-order valence-electron chi connectivity index (χ2n) is 9.57. The van der Waals surface area contributed by atoms with Crippen molar-refractivity contribution in [2.24, 2.45) is 11.8 Å². The van der Waals surface area contributed by atoms with Crippen molar-refractivity contribution < 1.29 is 24.2 Å². The first kappa shape index (κ1) is 23.5. The number of hydrogen-bond acceptors (Lipinski definition) is 5. The third-order valence-electron chi connectivity index (χ3n) is 7.53. The van der Waals surface area contributed by atoms with Gasteiger partial charge < -0.3 is 25.4 Å². The molecule has 3 amide bonds. The fourth-order valence-electron chi connectivity index (χ4n) is 6.02. The standard InChI is InChI=1S/C27H31N3O5/c31-15-7-14-30-23(25(33)29-17-19-10-5-2-6-11-19)27-13-12-20(35-27)21(22(27)26(30)34)24(32)28-16-18-8-3-1-4-9-18/h1-6,8-11,20-23,31H,7,12-17H2,(H,28,32)(H,29,33)/t20-,21+,22+,23?,27?/m1/s1. The van der Waals surface area contributed by atoms with Crippen LogP contribution in [0.2, 0.25) is 0 Å². The molecule has 3 aliphatic heterocycles. The lowest BCUT2D eigenvalue weighted by atomic mass is 9.70. The zero-order valence-electron chi connectivity index (χ0n) is 19.6. The maximum Gasteiger partial charge on any atom is 0.246 e. The summed E-state index contributed by atoms with van der Waals surface area (Å²) in [5, 5.41) is 15.4. The summed E-state index contributed by atoms with van der Waals surface area (Å²) in [6, 6.07) is 18.4. The number of rotatable bonds is 9. The minimum Gasteiger partial charge on any atom is -0.396 e. The Kier molecular flexibility index (Phi) is 6.58. The average Bonchev–Trinajstić information content (AvgIpc) is 3.53. The Bertz CT molecular complexity index is 1080. The van der Waals surface area contributed by atoms with E-state index in [-0.39, 0.29) is 37.0 Å². The third-order valence-corrected chi connectivity index (χ3v) is 7.53. The summed E-state index contributed by atoms with van der Waals surface area (Å²) in [7, 11) is 0. The van der Waals surface area contributed by atoms with Crippen LogP contribution < -0.4 is 10.6 Å². The number of likely N-dealkylation sites (tertiary alicyclic amines) is 1. The summed E-state index contributed by atoms with van der Waals surface area (Å²) in [6.07, 6.45) is 1.15. The molecule has 1 spiro atoms. The van der Waals surface area contributed by atoms with Crippen LogP contribution in [0.4, 0.5) is 0 Å². The molecule has 3 fully saturated rings. The SMILES string of the molecule is O=C(NCc1ccccc1)C1N(CCCO)C(=O)[C@@H]2[C@@H](C(=O)NCc3ccccc3)[C@H]3CCC12O3. The monoisotopic (exact) mass is 477 g/mol. The Balaban J connectivity index is 1.37. The molecule has 3 heterocycles. The quantitative estimate of drug-likeness (QED) is 0.506. The molecule has 3 aliphatic rings. The van der Waals surface area contributed by atoms with Crippen LogP contribution in [0.15, 0.2) is 60.7 Å². The zero-order chi connectivity index (χ0) is 24.4. The van der Waals surface area contributed by atoms with Crippen LogP contribution in [0.3, 0.4) is 0 Å². The van der Waals surface area contributed by atoms with Crippen molar-refractivity contribution in [3.63, 3.8) is 0 Å².